The maximum atomic E-state index is 10.9. The summed E-state index contributed by atoms with van der Waals surface area (Å²) in [6.45, 7) is 9.00. The molecule has 0 bridgehead atoms. The van der Waals surface area contributed by atoms with Crippen LogP contribution in [0, 0.1) is 11.5 Å². The van der Waals surface area contributed by atoms with Crippen LogP contribution >= 0.6 is 23.1 Å². The average Bonchev–Trinajstić information content (AvgIpc) is 3.16. The summed E-state index contributed by atoms with van der Waals surface area (Å²) in [5.74, 6) is 2.59. The Morgan fingerprint density at radius 2 is 2.21 bits per heavy atom. The summed E-state index contributed by atoms with van der Waals surface area (Å²) in [5.41, 5.74) is 6.82. The summed E-state index contributed by atoms with van der Waals surface area (Å²) in [6, 6.07) is 0. The number of nitriles is 1. The molecule has 9 nitrogen and oxygen atoms in total. The average molecular weight is 425 g/mol. The zero-order chi connectivity index (χ0) is 20.6. The van der Waals surface area contributed by atoms with E-state index in [0.717, 1.165) is 48.3 Å². The highest BCUT2D eigenvalue weighted by Crippen LogP contribution is 2.18. The SMILES string of the molecule is CCCNNC(=NCCSCc1csc(C(=NC=O)N(CC)CC)n1)NC#N. The third kappa shape index (κ3) is 8.69. The molecule has 0 atom stereocenters. The van der Waals surface area contributed by atoms with Crippen molar-refractivity contribution in [2.75, 3.05) is 31.9 Å². The number of nitrogens with one attached hydrogen (secondary N) is 3. The van der Waals surface area contributed by atoms with E-state index in [0.29, 0.717) is 24.8 Å². The third-order valence-electron chi connectivity index (χ3n) is 3.49. The lowest BCUT2D eigenvalue weighted by molar-refractivity contribution is -0.106. The van der Waals surface area contributed by atoms with Gasteiger partial charge in [0.1, 0.15) is 0 Å². The quantitative estimate of drug-likeness (QED) is 0.0880. The zero-order valence-electron chi connectivity index (χ0n) is 16.6. The third-order valence-corrected chi connectivity index (χ3v) is 5.35. The molecule has 0 aliphatic rings. The standard InChI is InChI=1S/C17H28N8OS2/c1-4-7-22-24-17(20-12-18)19-8-9-27-10-14-11-28-16(23-14)15(21-13-26)25(5-2)6-3/h11,13,22H,4-10H2,1-3H3,(H2,19,20,24). The van der Waals surface area contributed by atoms with Crippen LogP contribution in [0.4, 0.5) is 0 Å². The van der Waals surface area contributed by atoms with Gasteiger partial charge in [0.2, 0.25) is 12.4 Å². The van der Waals surface area contributed by atoms with Gasteiger partial charge in [-0.25, -0.2) is 10.4 Å². The minimum atomic E-state index is 0.418. The predicted molar refractivity (Wildman–Crippen MR) is 116 cm³/mol. The van der Waals surface area contributed by atoms with Crippen molar-refractivity contribution in [2.24, 2.45) is 9.98 Å². The summed E-state index contributed by atoms with van der Waals surface area (Å²) >= 11 is 3.20. The van der Waals surface area contributed by atoms with Crippen LogP contribution in [0.15, 0.2) is 15.4 Å². The van der Waals surface area contributed by atoms with Gasteiger partial charge in [-0.2, -0.15) is 22.0 Å². The fourth-order valence-electron chi connectivity index (χ4n) is 2.15. The van der Waals surface area contributed by atoms with Crippen molar-refractivity contribution < 1.29 is 4.79 Å². The maximum absolute atomic E-state index is 10.9. The second-order valence-corrected chi connectivity index (χ2v) is 7.41. The Morgan fingerprint density at radius 1 is 1.43 bits per heavy atom. The van der Waals surface area contributed by atoms with E-state index < -0.39 is 0 Å². The van der Waals surface area contributed by atoms with Crippen molar-refractivity contribution >= 4 is 41.3 Å². The van der Waals surface area contributed by atoms with Gasteiger partial charge in [-0.05, 0) is 20.3 Å². The minimum absolute atomic E-state index is 0.418. The number of aliphatic imine (C=N–C) groups is 2. The van der Waals surface area contributed by atoms with Crippen molar-refractivity contribution in [2.45, 2.75) is 32.9 Å². The van der Waals surface area contributed by atoms with Gasteiger partial charge in [0.05, 0.1) is 12.2 Å². The number of nitrogens with zero attached hydrogens (tertiary/aromatic N) is 5. The number of amidine groups is 1. The zero-order valence-corrected chi connectivity index (χ0v) is 18.2. The lowest BCUT2D eigenvalue weighted by atomic mass is 10.4. The molecule has 0 aliphatic heterocycles. The van der Waals surface area contributed by atoms with Gasteiger partial charge in [0.15, 0.2) is 17.0 Å². The number of hydrazine groups is 1. The molecule has 3 N–H and O–H groups in total. The number of hydrogen-bond acceptors (Lipinski definition) is 7. The number of thioether (sulfide) groups is 1. The molecule has 0 fully saturated rings. The molecular formula is C17H28N8OS2. The Bertz CT molecular complexity index is 679. The molecule has 1 heterocycles. The minimum Gasteiger partial charge on any atom is -0.355 e. The first-order chi connectivity index (χ1) is 13.7. The van der Waals surface area contributed by atoms with Crippen LogP contribution in [0.5, 0.6) is 0 Å². The Labute approximate surface area is 174 Å². The van der Waals surface area contributed by atoms with Gasteiger partial charge in [0, 0.05) is 36.5 Å². The van der Waals surface area contributed by atoms with Crippen LogP contribution < -0.4 is 16.2 Å². The summed E-state index contributed by atoms with van der Waals surface area (Å²) < 4.78 is 0. The van der Waals surface area contributed by atoms with Crippen LogP contribution in [-0.2, 0) is 10.5 Å². The van der Waals surface area contributed by atoms with Gasteiger partial charge in [0.25, 0.3) is 0 Å². The van der Waals surface area contributed by atoms with E-state index in [-0.39, 0.29) is 0 Å². The maximum Gasteiger partial charge on any atom is 0.234 e. The fraction of sp³-hybridized carbons (Fsp3) is 0.588. The van der Waals surface area contributed by atoms with E-state index in [9.17, 15) is 4.79 Å². The van der Waals surface area contributed by atoms with Crippen molar-refractivity contribution in [1.29, 1.82) is 5.26 Å². The molecule has 0 spiro atoms. The number of hydrogen-bond donors (Lipinski definition) is 3. The van der Waals surface area contributed by atoms with E-state index in [4.69, 9.17) is 5.26 Å². The number of aromatic nitrogens is 1. The Morgan fingerprint density at radius 3 is 2.86 bits per heavy atom. The predicted octanol–water partition coefficient (Wildman–Crippen LogP) is 1.55. The number of carbonyl (C=O) groups is 1. The summed E-state index contributed by atoms with van der Waals surface area (Å²) in [7, 11) is 0. The van der Waals surface area contributed by atoms with E-state index in [1.54, 1.807) is 11.8 Å². The molecule has 1 amide bonds. The van der Waals surface area contributed by atoms with Crippen molar-refractivity contribution in [1.82, 2.24) is 26.1 Å². The van der Waals surface area contributed by atoms with Crippen LogP contribution in [0.1, 0.15) is 37.9 Å². The Hall–Kier alpha value is -2.16. The normalized spacial score (nSPS) is 11.8. The summed E-state index contributed by atoms with van der Waals surface area (Å²) in [6.07, 6.45) is 3.41. The number of rotatable bonds is 12. The Balaban J connectivity index is 2.52. The van der Waals surface area contributed by atoms with Gasteiger partial charge >= 0.3 is 0 Å². The highest BCUT2D eigenvalue weighted by molar-refractivity contribution is 7.98. The van der Waals surface area contributed by atoms with E-state index in [1.807, 2.05) is 30.3 Å². The molecule has 0 saturated carbocycles. The second-order valence-electron chi connectivity index (χ2n) is 5.45. The van der Waals surface area contributed by atoms with Crippen LogP contribution in [0.2, 0.25) is 0 Å². The number of thiazole rings is 1. The highest BCUT2D eigenvalue weighted by atomic mass is 32.2. The molecule has 0 unspecified atom stereocenters. The lowest BCUT2D eigenvalue weighted by Crippen LogP contribution is -2.44. The van der Waals surface area contributed by atoms with Gasteiger partial charge in [-0.3, -0.25) is 20.5 Å². The molecule has 11 heteroatoms. The molecule has 28 heavy (non-hydrogen) atoms. The second kappa shape index (κ2) is 14.8. The molecule has 1 rings (SSSR count). The molecule has 1 aromatic rings. The lowest BCUT2D eigenvalue weighted by Gasteiger charge is -2.20. The molecule has 154 valence electrons. The number of amides is 1. The van der Waals surface area contributed by atoms with Crippen molar-refractivity contribution in [3.05, 3.63) is 16.1 Å². The van der Waals surface area contributed by atoms with E-state index >= 15 is 0 Å². The van der Waals surface area contributed by atoms with Gasteiger partial charge in [-0.15, -0.1) is 11.3 Å². The highest BCUT2D eigenvalue weighted by Gasteiger charge is 2.14. The van der Waals surface area contributed by atoms with Gasteiger partial charge < -0.3 is 4.90 Å². The monoisotopic (exact) mass is 424 g/mol. The summed E-state index contributed by atoms with van der Waals surface area (Å²) in [5, 5.41) is 14.0. The molecule has 1 aromatic heterocycles. The van der Waals surface area contributed by atoms with Crippen LogP contribution in [-0.4, -0.2) is 60.0 Å². The van der Waals surface area contributed by atoms with E-state index in [1.165, 1.54) is 11.3 Å². The van der Waals surface area contributed by atoms with Gasteiger partial charge in [-0.1, -0.05) is 6.92 Å². The van der Waals surface area contributed by atoms with E-state index in [2.05, 4.69) is 38.1 Å². The van der Waals surface area contributed by atoms with Crippen molar-refractivity contribution in [3.8, 4) is 6.19 Å². The van der Waals surface area contributed by atoms with Crippen molar-refractivity contribution in [3.63, 3.8) is 0 Å². The molecule has 0 radical (unpaired) electrons. The fourth-order valence-corrected chi connectivity index (χ4v) is 3.82. The summed E-state index contributed by atoms with van der Waals surface area (Å²) in [4.78, 5) is 25.8. The largest absolute Gasteiger partial charge is 0.355 e. The number of guanidine groups is 1. The molecule has 0 aliphatic carbocycles. The smallest absolute Gasteiger partial charge is 0.234 e. The first kappa shape index (κ1) is 23.9. The molecule has 0 saturated heterocycles. The molecular weight excluding hydrogens is 396 g/mol. The number of carbonyl (C=O) groups excluding carboxylic acids is 1. The Kier molecular flexibility index (Phi) is 12.7. The van der Waals surface area contributed by atoms with Crippen LogP contribution in [0.25, 0.3) is 0 Å². The topological polar surface area (TPSA) is 118 Å². The first-order valence-corrected chi connectivity index (χ1v) is 11.2. The van der Waals surface area contributed by atoms with Crippen LogP contribution in [0.3, 0.4) is 0 Å². The molecule has 0 aromatic carbocycles. The first-order valence-electron chi connectivity index (χ1n) is 9.17.